The smallest absolute Gasteiger partial charge is 0.204 e. The van der Waals surface area contributed by atoms with Gasteiger partial charge in [0.25, 0.3) is 0 Å². The van der Waals surface area contributed by atoms with E-state index in [1.54, 1.807) is 0 Å². The molecule has 1 saturated heterocycles. The van der Waals surface area contributed by atoms with Crippen molar-refractivity contribution in [3.63, 3.8) is 0 Å². The highest BCUT2D eigenvalue weighted by molar-refractivity contribution is 5.30. The maximum absolute atomic E-state index is 4.41. The molecule has 17 heavy (non-hydrogen) atoms. The fourth-order valence-corrected chi connectivity index (χ4v) is 2.26. The van der Waals surface area contributed by atoms with Crippen LogP contribution in [0.15, 0.2) is 6.20 Å². The number of hydrogen-bond donors (Lipinski definition) is 1. The zero-order valence-electron chi connectivity index (χ0n) is 11.1. The number of imidazole rings is 1. The van der Waals surface area contributed by atoms with E-state index < -0.39 is 0 Å². The topological polar surface area (TPSA) is 36.3 Å². The number of piperidine rings is 1. The van der Waals surface area contributed by atoms with Crippen molar-refractivity contribution in [1.82, 2.24) is 20.0 Å². The summed E-state index contributed by atoms with van der Waals surface area (Å²) in [6, 6.07) is 0. The number of nitrogens with zero attached hydrogens (tertiary/aromatic N) is 4. The maximum Gasteiger partial charge on any atom is 0.204 e. The molecule has 1 aliphatic heterocycles. The van der Waals surface area contributed by atoms with Gasteiger partial charge in [-0.3, -0.25) is 0 Å². The van der Waals surface area contributed by atoms with E-state index in [1.165, 1.54) is 38.0 Å². The van der Waals surface area contributed by atoms with Gasteiger partial charge in [0.15, 0.2) is 0 Å². The monoisotopic (exact) mass is 237 g/mol. The average molecular weight is 237 g/mol. The van der Waals surface area contributed by atoms with Gasteiger partial charge in [-0.1, -0.05) is 6.42 Å². The number of hydrazine groups is 1. The molecule has 0 aromatic carbocycles. The van der Waals surface area contributed by atoms with Crippen molar-refractivity contribution in [3.8, 4) is 0 Å². The van der Waals surface area contributed by atoms with Crippen molar-refractivity contribution in [2.75, 3.05) is 32.1 Å². The van der Waals surface area contributed by atoms with E-state index in [9.17, 15) is 0 Å². The molecule has 96 valence electrons. The van der Waals surface area contributed by atoms with Crippen molar-refractivity contribution in [2.24, 2.45) is 7.05 Å². The number of hydrogen-bond acceptors (Lipinski definition) is 4. The zero-order chi connectivity index (χ0) is 12.3. The molecule has 1 aromatic heterocycles. The highest BCUT2D eigenvalue weighted by Gasteiger charge is 2.11. The molecular formula is C12H23N5. The molecule has 1 aromatic rings. The Kier molecular flexibility index (Phi) is 4.02. The minimum Gasteiger partial charge on any atom is -0.348 e. The first-order valence-corrected chi connectivity index (χ1v) is 6.35. The lowest BCUT2D eigenvalue weighted by Gasteiger charge is -2.27. The predicted octanol–water partition coefficient (Wildman–Crippen LogP) is 0.977. The normalized spacial score (nSPS) is 17.4. The van der Waals surface area contributed by atoms with Gasteiger partial charge in [0, 0.05) is 34.2 Å². The Morgan fingerprint density at radius 1 is 1.29 bits per heavy atom. The highest BCUT2D eigenvalue weighted by Crippen LogP contribution is 2.11. The molecule has 0 radical (unpaired) electrons. The molecule has 0 atom stereocenters. The van der Waals surface area contributed by atoms with E-state index >= 15 is 0 Å². The second kappa shape index (κ2) is 5.51. The highest BCUT2D eigenvalue weighted by atomic mass is 15.5. The van der Waals surface area contributed by atoms with Crippen molar-refractivity contribution in [3.05, 3.63) is 11.9 Å². The van der Waals surface area contributed by atoms with Gasteiger partial charge in [-0.05, 0) is 12.8 Å². The number of rotatable bonds is 4. The van der Waals surface area contributed by atoms with Crippen LogP contribution in [-0.2, 0) is 13.6 Å². The van der Waals surface area contributed by atoms with Crippen molar-refractivity contribution < 1.29 is 0 Å². The molecule has 0 saturated carbocycles. The van der Waals surface area contributed by atoms with Gasteiger partial charge >= 0.3 is 0 Å². The third-order valence-electron chi connectivity index (χ3n) is 3.30. The van der Waals surface area contributed by atoms with E-state index in [0.717, 1.165) is 12.5 Å². The van der Waals surface area contributed by atoms with Crippen molar-refractivity contribution in [1.29, 1.82) is 0 Å². The number of anilines is 1. The third-order valence-corrected chi connectivity index (χ3v) is 3.30. The maximum atomic E-state index is 4.41. The molecule has 0 unspecified atom stereocenters. The summed E-state index contributed by atoms with van der Waals surface area (Å²) in [5.74, 6) is 1.00. The Balaban J connectivity index is 1.90. The Morgan fingerprint density at radius 2 is 2.00 bits per heavy atom. The SMILES string of the molecule is CN(C)c1ncc(CNN2CCCCC2)n1C. The predicted molar refractivity (Wildman–Crippen MR) is 69.8 cm³/mol. The summed E-state index contributed by atoms with van der Waals surface area (Å²) in [4.78, 5) is 6.44. The molecule has 1 N–H and O–H groups in total. The first-order chi connectivity index (χ1) is 8.18. The molecular weight excluding hydrogens is 214 g/mol. The first-order valence-electron chi connectivity index (χ1n) is 6.35. The molecule has 0 aliphatic carbocycles. The Bertz CT molecular complexity index is 352. The van der Waals surface area contributed by atoms with E-state index in [2.05, 4.69) is 27.0 Å². The Morgan fingerprint density at radius 3 is 2.59 bits per heavy atom. The van der Waals surface area contributed by atoms with E-state index in [0.29, 0.717) is 0 Å². The van der Waals surface area contributed by atoms with Crippen LogP contribution in [0.4, 0.5) is 5.95 Å². The zero-order valence-corrected chi connectivity index (χ0v) is 11.1. The first kappa shape index (κ1) is 12.4. The Hall–Kier alpha value is -1.07. The van der Waals surface area contributed by atoms with Gasteiger partial charge in [0.1, 0.15) is 0 Å². The number of nitrogens with one attached hydrogen (secondary N) is 1. The van der Waals surface area contributed by atoms with Gasteiger partial charge in [-0.2, -0.15) is 0 Å². The second-order valence-corrected chi connectivity index (χ2v) is 4.89. The van der Waals surface area contributed by atoms with Crippen LogP contribution in [0.3, 0.4) is 0 Å². The summed E-state index contributed by atoms with van der Waals surface area (Å²) in [7, 11) is 6.10. The third kappa shape index (κ3) is 2.98. The van der Waals surface area contributed by atoms with E-state index in [-0.39, 0.29) is 0 Å². The summed E-state index contributed by atoms with van der Waals surface area (Å²) in [6.45, 7) is 3.19. The van der Waals surface area contributed by atoms with Crippen LogP contribution in [-0.4, -0.2) is 41.7 Å². The molecule has 0 bridgehead atoms. The minimum atomic E-state index is 0.858. The van der Waals surface area contributed by atoms with Gasteiger partial charge in [0.2, 0.25) is 5.95 Å². The van der Waals surface area contributed by atoms with Crippen LogP contribution < -0.4 is 10.3 Å². The second-order valence-electron chi connectivity index (χ2n) is 4.89. The van der Waals surface area contributed by atoms with E-state index in [1.807, 2.05) is 25.2 Å². The van der Waals surface area contributed by atoms with Crippen LogP contribution in [0, 0.1) is 0 Å². The molecule has 5 nitrogen and oxygen atoms in total. The lowest BCUT2D eigenvalue weighted by molar-refractivity contribution is 0.150. The molecule has 2 heterocycles. The lowest BCUT2D eigenvalue weighted by Crippen LogP contribution is -2.41. The number of aromatic nitrogens is 2. The largest absolute Gasteiger partial charge is 0.348 e. The molecule has 0 spiro atoms. The fraction of sp³-hybridized carbons (Fsp3) is 0.750. The summed E-state index contributed by atoms with van der Waals surface area (Å²) in [6.07, 6.45) is 5.93. The molecule has 1 fully saturated rings. The molecule has 0 amide bonds. The molecule has 5 heteroatoms. The average Bonchev–Trinajstić information content (AvgIpc) is 2.69. The van der Waals surface area contributed by atoms with Crippen LogP contribution in [0.1, 0.15) is 25.0 Å². The van der Waals surface area contributed by atoms with E-state index in [4.69, 9.17) is 0 Å². The quantitative estimate of drug-likeness (QED) is 0.847. The van der Waals surface area contributed by atoms with Crippen LogP contribution in [0.5, 0.6) is 0 Å². The van der Waals surface area contributed by atoms with Crippen molar-refractivity contribution in [2.45, 2.75) is 25.8 Å². The minimum absolute atomic E-state index is 0.858. The standard InChI is InChI=1S/C12H23N5/c1-15(2)12-13-9-11(16(12)3)10-14-17-7-5-4-6-8-17/h9,14H,4-8,10H2,1-3H3. The summed E-state index contributed by atoms with van der Waals surface area (Å²) in [5.41, 5.74) is 4.71. The fourth-order valence-electron chi connectivity index (χ4n) is 2.26. The van der Waals surface area contributed by atoms with Crippen LogP contribution in [0.2, 0.25) is 0 Å². The molecule has 1 aliphatic rings. The summed E-state index contributed by atoms with van der Waals surface area (Å²) < 4.78 is 2.14. The van der Waals surface area contributed by atoms with Crippen LogP contribution >= 0.6 is 0 Å². The van der Waals surface area contributed by atoms with Crippen LogP contribution in [0.25, 0.3) is 0 Å². The molecule has 2 rings (SSSR count). The van der Waals surface area contributed by atoms with Gasteiger partial charge in [0.05, 0.1) is 18.4 Å². The van der Waals surface area contributed by atoms with Gasteiger partial charge in [-0.25, -0.2) is 15.4 Å². The lowest BCUT2D eigenvalue weighted by atomic mass is 10.2. The van der Waals surface area contributed by atoms with Gasteiger partial charge in [-0.15, -0.1) is 0 Å². The van der Waals surface area contributed by atoms with Gasteiger partial charge < -0.3 is 9.47 Å². The summed E-state index contributed by atoms with van der Waals surface area (Å²) >= 11 is 0. The van der Waals surface area contributed by atoms with Crippen molar-refractivity contribution >= 4 is 5.95 Å². The Labute approximate surface area is 103 Å². The summed E-state index contributed by atoms with van der Waals surface area (Å²) in [5, 5.41) is 2.33.